The fourth-order valence-corrected chi connectivity index (χ4v) is 4.80. The van der Waals surface area contributed by atoms with Crippen molar-refractivity contribution in [3.05, 3.63) is 106 Å². The molecule has 1 aliphatic heterocycles. The Morgan fingerprint density at radius 3 is 2.51 bits per heavy atom. The van der Waals surface area contributed by atoms with Crippen LogP contribution < -0.4 is 4.52 Å². The van der Waals surface area contributed by atoms with Gasteiger partial charge in [-0.05, 0) is 55.8 Å². The highest BCUT2D eigenvalue weighted by Crippen LogP contribution is 2.39. The molecule has 9 nitrogen and oxygen atoms in total. The molecule has 0 saturated carbocycles. The van der Waals surface area contributed by atoms with Crippen molar-refractivity contribution in [2.24, 2.45) is 4.99 Å². The molecule has 0 radical (unpaired) electrons. The number of ether oxygens (including phenoxy) is 1. The smallest absolute Gasteiger partial charge is 0.494 e. The van der Waals surface area contributed by atoms with Gasteiger partial charge in [0.1, 0.15) is 17.2 Å². The van der Waals surface area contributed by atoms with E-state index in [1.807, 2.05) is 50.3 Å². The van der Waals surface area contributed by atoms with E-state index in [1.54, 1.807) is 25.3 Å². The van der Waals surface area contributed by atoms with E-state index < -0.39 is 13.7 Å². The van der Waals surface area contributed by atoms with Crippen LogP contribution in [0.1, 0.15) is 33.0 Å². The second kappa shape index (κ2) is 9.37. The number of allylic oxidation sites excluding steroid dienone is 1. The van der Waals surface area contributed by atoms with Crippen LogP contribution in [0, 0.1) is 13.8 Å². The summed E-state index contributed by atoms with van der Waals surface area (Å²) in [5, 5.41) is 0.794. The third-order valence-corrected chi connectivity index (χ3v) is 6.40. The number of fused-ring (bicyclic) bond motifs is 1. The van der Waals surface area contributed by atoms with E-state index in [1.165, 1.54) is 22.8 Å². The van der Waals surface area contributed by atoms with E-state index in [9.17, 15) is 19.1 Å². The summed E-state index contributed by atoms with van der Waals surface area (Å²) < 4.78 is 23.4. The predicted octanol–water partition coefficient (Wildman–Crippen LogP) is 5.12. The van der Waals surface area contributed by atoms with E-state index in [4.69, 9.17) is 14.3 Å². The number of carbonyl (C=O) groups is 1. The van der Waals surface area contributed by atoms with Crippen LogP contribution in [-0.2, 0) is 9.30 Å². The third-order valence-electron chi connectivity index (χ3n) is 5.96. The van der Waals surface area contributed by atoms with Gasteiger partial charge in [-0.25, -0.2) is 9.56 Å². The zero-order valence-corrected chi connectivity index (χ0v) is 21.2. The van der Waals surface area contributed by atoms with Crippen LogP contribution in [0.3, 0.4) is 0 Å². The maximum absolute atomic E-state index is 13.9. The third kappa shape index (κ3) is 4.80. The van der Waals surface area contributed by atoms with E-state index in [-0.39, 0.29) is 11.3 Å². The summed E-state index contributed by atoms with van der Waals surface area (Å²) in [6.07, 6.45) is 3.65. The first kappa shape index (κ1) is 24.5. The highest BCUT2D eigenvalue weighted by atomic mass is 31.2. The molecule has 0 fully saturated rings. The van der Waals surface area contributed by atoms with Gasteiger partial charge in [-0.2, -0.15) is 0 Å². The van der Waals surface area contributed by atoms with Gasteiger partial charge < -0.3 is 14.2 Å². The van der Waals surface area contributed by atoms with Crippen LogP contribution in [0.2, 0.25) is 0 Å². The van der Waals surface area contributed by atoms with Gasteiger partial charge in [0.2, 0.25) is 0 Å². The summed E-state index contributed by atoms with van der Waals surface area (Å²) in [5.41, 5.74) is 5.19. The number of nitrogens with zero attached hydrogens (tertiary/aromatic N) is 2. The number of rotatable bonds is 6. The maximum atomic E-state index is 13.9. The number of carbonyl (C=O) groups excluding carboxylic acids is 1. The van der Waals surface area contributed by atoms with Crippen LogP contribution in [0.25, 0.3) is 17.0 Å². The Morgan fingerprint density at radius 1 is 1.08 bits per heavy atom. The first-order chi connectivity index (χ1) is 17.6. The lowest BCUT2D eigenvalue weighted by molar-refractivity contribution is 0.0962. The lowest BCUT2D eigenvalue weighted by atomic mass is 10.1. The van der Waals surface area contributed by atoms with Crippen molar-refractivity contribution in [3.8, 4) is 5.75 Å². The summed E-state index contributed by atoms with van der Waals surface area (Å²) in [7, 11) is -3.33. The molecule has 4 aromatic rings. The molecule has 0 spiro atoms. The predicted molar refractivity (Wildman–Crippen MR) is 141 cm³/mol. The molecular weight excluding hydrogens is 493 g/mol. The van der Waals surface area contributed by atoms with Gasteiger partial charge in [-0.1, -0.05) is 30.3 Å². The molecule has 188 valence electrons. The number of aromatic amines is 1. The second-order valence-electron chi connectivity index (χ2n) is 8.60. The van der Waals surface area contributed by atoms with E-state index in [0.29, 0.717) is 28.4 Å². The summed E-state index contributed by atoms with van der Waals surface area (Å²) in [5.74, 6) is -0.205. The Labute approximate surface area is 212 Å². The molecule has 3 N–H and O–H groups in total. The zero-order valence-electron chi connectivity index (χ0n) is 20.3. The molecule has 10 heteroatoms. The molecule has 0 amide bonds. The number of hydrogen-bond donors (Lipinski definition) is 3. The Hall–Kier alpha value is -4.17. The van der Waals surface area contributed by atoms with Crippen molar-refractivity contribution < 1.29 is 28.4 Å². The Morgan fingerprint density at radius 2 is 1.81 bits per heavy atom. The highest BCUT2D eigenvalue weighted by molar-refractivity contribution is 7.46. The number of aliphatic imine (C=N–C) groups is 1. The number of phosphoric ester groups is 1. The minimum atomic E-state index is -4.89. The van der Waals surface area contributed by atoms with Crippen LogP contribution in [0.15, 0.2) is 83.2 Å². The van der Waals surface area contributed by atoms with Crippen molar-refractivity contribution in [3.63, 3.8) is 0 Å². The Kier molecular flexibility index (Phi) is 6.21. The second-order valence-corrected chi connectivity index (χ2v) is 9.76. The van der Waals surface area contributed by atoms with E-state index >= 15 is 0 Å². The molecule has 37 heavy (non-hydrogen) atoms. The first-order valence-corrected chi connectivity index (χ1v) is 12.9. The molecule has 0 bridgehead atoms. The van der Waals surface area contributed by atoms with E-state index in [2.05, 4.69) is 4.98 Å². The Bertz CT molecular complexity index is 1690. The standard InChI is InChI=1S/C27H24N3O6P/c1-16-12-17(2)28-20(16)14-22-26(35-3)15-21(29-22)24-13-18-8-4-6-10-23(18)30(24)27(31)19-9-5-7-11-25(19)36-37(32,33)34/h4-15,28H,1-3H3,(H2,32,33,34). The minimum absolute atomic E-state index is 0.00350. The molecule has 0 saturated heterocycles. The van der Waals surface area contributed by atoms with Gasteiger partial charge in [-0.3, -0.25) is 19.1 Å². The fraction of sp³-hybridized carbons (Fsp3) is 0.111. The lowest BCUT2D eigenvalue weighted by Gasteiger charge is -2.13. The number of aromatic nitrogens is 2. The minimum Gasteiger partial charge on any atom is -0.494 e. The van der Waals surface area contributed by atoms with Crippen molar-refractivity contribution in [2.45, 2.75) is 13.8 Å². The molecule has 0 unspecified atom stereocenters. The number of para-hydroxylation sites is 2. The molecule has 0 atom stereocenters. The van der Waals surface area contributed by atoms with Gasteiger partial charge in [-0.15, -0.1) is 0 Å². The molecule has 2 aromatic carbocycles. The first-order valence-electron chi connectivity index (χ1n) is 11.4. The lowest BCUT2D eigenvalue weighted by Crippen LogP contribution is -2.18. The summed E-state index contributed by atoms with van der Waals surface area (Å²) in [4.78, 5) is 40.7. The SMILES string of the molecule is COC1=CC(c2cc3ccccc3n2C(=O)c2ccccc2OP(=O)(O)O)=NC1=Cc1[nH]c(C)cc1C. The number of methoxy groups -OCH3 is 1. The molecule has 5 rings (SSSR count). The molecule has 3 heterocycles. The molecule has 0 aliphatic carbocycles. The van der Waals surface area contributed by atoms with E-state index in [0.717, 1.165) is 22.3 Å². The molecule has 1 aliphatic rings. The van der Waals surface area contributed by atoms with Gasteiger partial charge in [0.25, 0.3) is 5.91 Å². The number of H-pyrrole nitrogens is 1. The van der Waals surface area contributed by atoms with Crippen molar-refractivity contribution in [1.82, 2.24) is 9.55 Å². The number of aryl methyl sites for hydroxylation is 2. The van der Waals surface area contributed by atoms with Crippen molar-refractivity contribution in [1.29, 1.82) is 0 Å². The van der Waals surface area contributed by atoms with Gasteiger partial charge in [0, 0.05) is 22.9 Å². The quantitative estimate of drug-likeness (QED) is 0.305. The van der Waals surface area contributed by atoms with Gasteiger partial charge in [0.15, 0.2) is 0 Å². The van der Waals surface area contributed by atoms with Gasteiger partial charge in [0.05, 0.1) is 29.6 Å². The largest absolute Gasteiger partial charge is 0.524 e. The fourth-order valence-electron chi connectivity index (χ4n) is 4.38. The van der Waals surface area contributed by atoms with Crippen LogP contribution in [-0.4, -0.2) is 38.1 Å². The van der Waals surface area contributed by atoms with Crippen LogP contribution in [0.5, 0.6) is 5.75 Å². The van der Waals surface area contributed by atoms with Crippen molar-refractivity contribution in [2.75, 3.05) is 7.11 Å². The number of hydrogen-bond acceptors (Lipinski definition) is 5. The summed E-state index contributed by atoms with van der Waals surface area (Å²) >= 11 is 0. The zero-order chi connectivity index (χ0) is 26.3. The van der Waals surface area contributed by atoms with Crippen molar-refractivity contribution >= 4 is 36.4 Å². The Balaban J connectivity index is 1.67. The average molecular weight is 517 g/mol. The number of benzene rings is 2. The average Bonchev–Trinajstić information content (AvgIpc) is 3.52. The number of phosphoric acid groups is 1. The normalized spacial score (nSPS) is 14.7. The monoisotopic (exact) mass is 517 g/mol. The topological polar surface area (TPSA) is 126 Å². The number of nitrogens with one attached hydrogen (secondary N) is 1. The van der Waals surface area contributed by atoms with Gasteiger partial charge >= 0.3 is 7.82 Å². The summed E-state index contributed by atoms with van der Waals surface area (Å²) in [6.45, 7) is 3.98. The molecular formula is C27H24N3O6P. The van der Waals surface area contributed by atoms with Crippen LogP contribution >= 0.6 is 7.82 Å². The highest BCUT2D eigenvalue weighted by Gasteiger charge is 2.27. The maximum Gasteiger partial charge on any atom is 0.524 e. The van der Waals surface area contributed by atoms with Crippen LogP contribution in [0.4, 0.5) is 0 Å². The summed E-state index contributed by atoms with van der Waals surface area (Å²) in [6, 6.07) is 17.2. The molecule has 2 aromatic heterocycles.